The van der Waals surface area contributed by atoms with Gasteiger partial charge in [0, 0.05) is 49.6 Å². The molecule has 0 bridgehead atoms. The Labute approximate surface area is 166 Å². The van der Waals surface area contributed by atoms with Crippen molar-refractivity contribution in [3.63, 3.8) is 0 Å². The monoisotopic (exact) mass is 401 g/mol. The molecule has 0 aromatic heterocycles. The number of ketones is 1. The van der Waals surface area contributed by atoms with Crippen molar-refractivity contribution in [3.8, 4) is 5.75 Å². The van der Waals surface area contributed by atoms with Crippen LogP contribution in [0.4, 0.5) is 15.8 Å². The zero-order valence-corrected chi connectivity index (χ0v) is 15.8. The molecule has 1 aliphatic rings. The summed E-state index contributed by atoms with van der Waals surface area (Å²) in [6.07, 6.45) is 0. The molecule has 0 unspecified atom stereocenters. The molecule has 3 rings (SSSR count). The highest BCUT2D eigenvalue weighted by Gasteiger charge is 2.22. The lowest BCUT2D eigenvalue weighted by molar-refractivity contribution is -0.387. The Hall–Kier alpha value is -3.49. The van der Waals surface area contributed by atoms with Crippen molar-refractivity contribution in [2.24, 2.45) is 0 Å². The van der Waals surface area contributed by atoms with E-state index in [1.165, 1.54) is 13.0 Å². The van der Waals surface area contributed by atoms with E-state index in [9.17, 15) is 24.1 Å². The number of amides is 1. The fourth-order valence-corrected chi connectivity index (χ4v) is 3.08. The molecule has 1 fully saturated rings. The first kappa shape index (κ1) is 20.2. The minimum atomic E-state index is -1.01. The molecule has 1 amide bonds. The van der Waals surface area contributed by atoms with Gasteiger partial charge in [0.2, 0.25) is 5.82 Å². The Morgan fingerprint density at radius 2 is 1.76 bits per heavy atom. The summed E-state index contributed by atoms with van der Waals surface area (Å²) in [4.78, 5) is 37.3. The van der Waals surface area contributed by atoms with Crippen LogP contribution in [0, 0.1) is 15.9 Å². The molecule has 2 aromatic carbocycles. The molecule has 1 heterocycles. The van der Waals surface area contributed by atoms with E-state index < -0.39 is 16.4 Å². The van der Waals surface area contributed by atoms with Gasteiger partial charge in [-0.1, -0.05) is 0 Å². The number of nitrogens with zero attached hydrogens (tertiary/aromatic N) is 3. The van der Waals surface area contributed by atoms with Crippen LogP contribution in [0.15, 0.2) is 42.5 Å². The Bertz CT molecular complexity index is 924. The second-order valence-corrected chi connectivity index (χ2v) is 6.63. The van der Waals surface area contributed by atoms with E-state index in [-0.39, 0.29) is 24.0 Å². The van der Waals surface area contributed by atoms with Gasteiger partial charge in [-0.15, -0.1) is 0 Å². The number of ether oxygens (including phenoxy) is 1. The number of anilines is 1. The molecule has 0 saturated carbocycles. The van der Waals surface area contributed by atoms with E-state index in [4.69, 9.17) is 4.74 Å². The van der Waals surface area contributed by atoms with E-state index in [0.29, 0.717) is 31.7 Å². The molecule has 0 aliphatic carbocycles. The summed E-state index contributed by atoms with van der Waals surface area (Å²) in [5.74, 6) is -1.18. The molecule has 0 radical (unpaired) electrons. The summed E-state index contributed by atoms with van der Waals surface area (Å²) in [7, 11) is 0. The van der Waals surface area contributed by atoms with Crippen LogP contribution >= 0.6 is 0 Å². The van der Waals surface area contributed by atoms with E-state index >= 15 is 0 Å². The van der Waals surface area contributed by atoms with Crippen molar-refractivity contribution in [2.45, 2.75) is 6.92 Å². The molecule has 29 heavy (non-hydrogen) atoms. The molecular weight excluding hydrogens is 381 g/mol. The Morgan fingerprint density at radius 3 is 2.31 bits per heavy atom. The summed E-state index contributed by atoms with van der Waals surface area (Å²) in [5, 5.41) is 10.6. The number of rotatable bonds is 6. The quantitative estimate of drug-likeness (QED) is 0.420. The van der Waals surface area contributed by atoms with Crippen molar-refractivity contribution >= 4 is 23.1 Å². The molecule has 2 aromatic rings. The average molecular weight is 401 g/mol. The molecule has 0 N–H and O–H groups in total. The normalized spacial score (nSPS) is 13.9. The van der Waals surface area contributed by atoms with Crippen molar-refractivity contribution in [1.82, 2.24) is 4.90 Å². The third kappa shape index (κ3) is 4.87. The third-order valence-electron chi connectivity index (χ3n) is 4.75. The average Bonchev–Trinajstić information content (AvgIpc) is 2.72. The smallest absolute Gasteiger partial charge is 0.305 e. The number of carbonyl (C=O) groups excluding carboxylic acids is 2. The summed E-state index contributed by atoms with van der Waals surface area (Å²) < 4.78 is 18.9. The van der Waals surface area contributed by atoms with Crippen molar-refractivity contribution in [2.75, 3.05) is 37.7 Å². The lowest BCUT2D eigenvalue weighted by Crippen LogP contribution is -2.50. The fraction of sp³-hybridized carbons (Fsp3) is 0.300. The van der Waals surface area contributed by atoms with Crippen molar-refractivity contribution in [1.29, 1.82) is 0 Å². The van der Waals surface area contributed by atoms with Gasteiger partial charge in [-0.2, -0.15) is 4.39 Å². The number of Topliss-reactive ketones (excluding diaryl/α,β-unsaturated/α-hetero) is 1. The summed E-state index contributed by atoms with van der Waals surface area (Å²) in [5.41, 5.74) is 0.998. The number of halogens is 1. The number of piperazine rings is 1. The van der Waals surface area contributed by atoms with Crippen LogP contribution < -0.4 is 9.64 Å². The number of hydrogen-bond acceptors (Lipinski definition) is 6. The van der Waals surface area contributed by atoms with Gasteiger partial charge in [0.1, 0.15) is 5.75 Å². The van der Waals surface area contributed by atoms with Gasteiger partial charge in [-0.3, -0.25) is 19.7 Å². The van der Waals surface area contributed by atoms with Gasteiger partial charge < -0.3 is 14.5 Å². The third-order valence-corrected chi connectivity index (χ3v) is 4.75. The predicted octanol–water partition coefficient (Wildman–Crippen LogP) is 2.66. The van der Waals surface area contributed by atoms with Crippen LogP contribution in [0.3, 0.4) is 0 Å². The van der Waals surface area contributed by atoms with Gasteiger partial charge >= 0.3 is 5.69 Å². The van der Waals surface area contributed by atoms with Crippen molar-refractivity contribution < 1.29 is 23.6 Å². The van der Waals surface area contributed by atoms with E-state index in [2.05, 4.69) is 4.90 Å². The Balaban J connectivity index is 1.50. The summed E-state index contributed by atoms with van der Waals surface area (Å²) in [6.45, 7) is 3.53. The number of benzene rings is 2. The Kier molecular flexibility index (Phi) is 6.06. The van der Waals surface area contributed by atoms with E-state index in [0.717, 1.165) is 17.8 Å². The predicted molar refractivity (Wildman–Crippen MR) is 104 cm³/mol. The molecule has 1 saturated heterocycles. The standard InChI is InChI=1S/C20H20FN3O5/c1-14(25)15-2-4-16(5-3-15)22-8-10-23(11-9-22)20(26)13-29-17-6-7-19(24(27)28)18(21)12-17/h2-7,12H,8-11,13H2,1H3. The minimum Gasteiger partial charge on any atom is -0.484 e. The van der Waals surface area contributed by atoms with Crippen LogP contribution in [0.2, 0.25) is 0 Å². The topological polar surface area (TPSA) is 93.0 Å². The molecule has 8 nitrogen and oxygen atoms in total. The SMILES string of the molecule is CC(=O)c1ccc(N2CCN(C(=O)COc3ccc([N+](=O)[O-])c(F)c3)CC2)cc1. The molecule has 152 valence electrons. The van der Waals surface area contributed by atoms with Gasteiger partial charge in [0.05, 0.1) is 4.92 Å². The Morgan fingerprint density at radius 1 is 1.10 bits per heavy atom. The zero-order valence-electron chi connectivity index (χ0n) is 15.8. The maximum absolute atomic E-state index is 13.6. The maximum Gasteiger partial charge on any atom is 0.305 e. The highest BCUT2D eigenvalue weighted by atomic mass is 19.1. The number of carbonyl (C=O) groups is 2. The van der Waals surface area contributed by atoms with E-state index in [1.54, 1.807) is 17.0 Å². The van der Waals surface area contributed by atoms with Crippen LogP contribution in [-0.4, -0.2) is 54.3 Å². The first-order valence-corrected chi connectivity index (χ1v) is 9.05. The van der Waals surface area contributed by atoms with Crippen LogP contribution in [0.5, 0.6) is 5.75 Å². The van der Waals surface area contributed by atoms with Crippen molar-refractivity contribution in [3.05, 3.63) is 64.0 Å². The first-order valence-electron chi connectivity index (χ1n) is 9.05. The number of hydrogen-bond donors (Lipinski definition) is 0. The van der Waals surface area contributed by atoms with Crippen LogP contribution in [-0.2, 0) is 4.79 Å². The first-order chi connectivity index (χ1) is 13.8. The second kappa shape index (κ2) is 8.68. The zero-order chi connectivity index (χ0) is 21.0. The van der Waals surface area contributed by atoms with Crippen LogP contribution in [0.1, 0.15) is 17.3 Å². The highest BCUT2D eigenvalue weighted by Crippen LogP contribution is 2.22. The van der Waals surface area contributed by atoms with Gasteiger partial charge in [-0.25, -0.2) is 0 Å². The molecule has 0 spiro atoms. The number of nitro benzene ring substituents is 1. The molecule has 9 heteroatoms. The molecule has 0 atom stereocenters. The lowest BCUT2D eigenvalue weighted by atomic mass is 10.1. The largest absolute Gasteiger partial charge is 0.484 e. The second-order valence-electron chi connectivity index (χ2n) is 6.63. The summed E-state index contributed by atoms with van der Waals surface area (Å²) >= 11 is 0. The fourth-order valence-electron chi connectivity index (χ4n) is 3.08. The maximum atomic E-state index is 13.6. The number of nitro groups is 1. The highest BCUT2D eigenvalue weighted by molar-refractivity contribution is 5.94. The van der Waals surface area contributed by atoms with Gasteiger partial charge in [0.15, 0.2) is 12.4 Å². The summed E-state index contributed by atoms with van der Waals surface area (Å²) in [6, 6.07) is 10.5. The van der Waals surface area contributed by atoms with E-state index in [1.807, 2.05) is 12.1 Å². The van der Waals surface area contributed by atoms with Gasteiger partial charge in [0.25, 0.3) is 5.91 Å². The lowest BCUT2D eigenvalue weighted by Gasteiger charge is -2.36. The molecule has 1 aliphatic heterocycles. The van der Waals surface area contributed by atoms with Gasteiger partial charge in [-0.05, 0) is 37.3 Å². The minimum absolute atomic E-state index is 0.0138. The van der Waals surface area contributed by atoms with Crippen LogP contribution in [0.25, 0.3) is 0 Å². The molecular formula is C20H20FN3O5.